The summed E-state index contributed by atoms with van der Waals surface area (Å²) in [5.74, 6) is 0.108. The molecule has 7 nitrogen and oxygen atoms in total. The highest BCUT2D eigenvalue weighted by Gasteiger charge is 2.30. The van der Waals surface area contributed by atoms with Gasteiger partial charge in [0.1, 0.15) is 17.9 Å². The highest BCUT2D eigenvalue weighted by Crippen LogP contribution is 2.25. The number of pyridine rings is 1. The second-order valence-corrected chi connectivity index (χ2v) is 5.97. The van der Waals surface area contributed by atoms with E-state index < -0.39 is 6.36 Å². The molecule has 3 N–H and O–H groups in total. The topological polar surface area (TPSA) is 95.8 Å². The van der Waals surface area contributed by atoms with E-state index in [4.69, 9.17) is 5.41 Å². The molecule has 0 spiro atoms. The minimum absolute atomic E-state index is 0.314. The van der Waals surface area contributed by atoms with Crippen molar-refractivity contribution in [2.45, 2.75) is 12.9 Å². The molecule has 154 valence electrons. The first-order chi connectivity index (χ1) is 14.4. The second kappa shape index (κ2) is 9.50. The molecule has 2 heterocycles. The number of halogens is 3. The number of aromatic nitrogens is 3. The normalized spacial score (nSPS) is 11.6. The summed E-state index contributed by atoms with van der Waals surface area (Å²) in [5.41, 5.74) is 2.59. The SMILES string of the molecule is N=C/C(=C\NCc1ccncc1)c1cc(Nc2ccc(OC(F)(F)F)cc2)ncn1. The zero-order chi connectivity index (χ0) is 21.4. The third-order valence-electron chi connectivity index (χ3n) is 3.79. The van der Waals surface area contributed by atoms with Crippen LogP contribution in [0.25, 0.3) is 5.57 Å². The smallest absolute Gasteiger partial charge is 0.406 e. The molecule has 0 atom stereocenters. The summed E-state index contributed by atoms with van der Waals surface area (Å²) in [4.78, 5) is 12.2. The summed E-state index contributed by atoms with van der Waals surface area (Å²) < 4.78 is 40.6. The first kappa shape index (κ1) is 20.8. The Bertz CT molecular complexity index is 1010. The van der Waals surface area contributed by atoms with Crippen molar-refractivity contribution < 1.29 is 17.9 Å². The minimum atomic E-state index is -4.74. The summed E-state index contributed by atoms with van der Waals surface area (Å²) in [6, 6.07) is 10.7. The number of allylic oxidation sites excluding steroid dienone is 1. The molecule has 0 saturated heterocycles. The van der Waals surface area contributed by atoms with Crippen LogP contribution in [0.5, 0.6) is 5.75 Å². The van der Waals surface area contributed by atoms with E-state index in [0.29, 0.717) is 29.3 Å². The fraction of sp³-hybridized carbons (Fsp3) is 0.100. The van der Waals surface area contributed by atoms with E-state index in [-0.39, 0.29) is 5.75 Å². The van der Waals surface area contributed by atoms with E-state index in [1.165, 1.54) is 30.6 Å². The maximum atomic E-state index is 12.2. The van der Waals surface area contributed by atoms with Gasteiger partial charge in [-0.1, -0.05) is 0 Å². The molecule has 2 aromatic heterocycles. The van der Waals surface area contributed by atoms with Gasteiger partial charge in [-0.2, -0.15) is 0 Å². The molecule has 0 bridgehead atoms. The number of anilines is 2. The maximum Gasteiger partial charge on any atom is 0.573 e. The van der Waals surface area contributed by atoms with Gasteiger partial charge < -0.3 is 20.8 Å². The van der Waals surface area contributed by atoms with Crippen molar-refractivity contribution in [1.82, 2.24) is 20.3 Å². The lowest BCUT2D eigenvalue weighted by Gasteiger charge is -2.10. The zero-order valence-corrected chi connectivity index (χ0v) is 15.5. The number of alkyl halides is 3. The van der Waals surface area contributed by atoms with E-state index in [0.717, 1.165) is 11.8 Å². The molecule has 30 heavy (non-hydrogen) atoms. The molecule has 0 saturated carbocycles. The zero-order valence-electron chi connectivity index (χ0n) is 15.5. The number of nitrogens with zero attached hydrogens (tertiary/aromatic N) is 3. The van der Waals surface area contributed by atoms with Crippen molar-refractivity contribution in [2.75, 3.05) is 5.32 Å². The number of rotatable bonds is 8. The Morgan fingerprint density at radius 1 is 1.07 bits per heavy atom. The number of hydrogen-bond acceptors (Lipinski definition) is 7. The summed E-state index contributed by atoms with van der Waals surface area (Å²) in [6.45, 7) is 0.558. The lowest BCUT2D eigenvalue weighted by atomic mass is 10.2. The molecule has 0 aliphatic heterocycles. The van der Waals surface area contributed by atoms with E-state index >= 15 is 0 Å². The Morgan fingerprint density at radius 3 is 2.47 bits per heavy atom. The predicted octanol–water partition coefficient (Wildman–Crippen LogP) is 4.29. The van der Waals surface area contributed by atoms with Crippen molar-refractivity contribution in [3.8, 4) is 5.75 Å². The third kappa shape index (κ3) is 6.30. The summed E-state index contributed by atoms with van der Waals surface area (Å²) >= 11 is 0. The fourth-order valence-corrected chi connectivity index (χ4v) is 2.44. The van der Waals surface area contributed by atoms with Crippen LogP contribution in [-0.2, 0) is 6.54 Å². The van der Waals surface area contributed by atoms with Crippen LogP contribution in [0.15, 0.2) is 67.4 Å². The van der Waals surface area contributed by atoms with Crippen LogP contribution in [0.1, 0.15) is 11.3 Å². The Morgan fingerprint density at radius 2 is 1.80 bits per heavy atom. The van der Waals surface area contributed by atoms with Gasteiger partial charge in [0.2, 0.25) is 0 Å². The fourth-order valence-electron chi connectivity index (χ4n) is 2.44. The lowest BCUT2D eigenvalue weighted by Crippen LogP contribution is -2.16. The van der Waals surface area contributed by atoms with Crippen LogP contribution >= 0.6 is 0 Å². The number of hydrogen-bond donors (Lipinski definition) is 3. The van der Waals surface area contributed by atoms with E-state index in [1.54, 1.807) is 24.7 Å². The van der Waals surface area contributed by atoms with Gasteiger partial charge in [-0.3, -0.25) is 4.98 Å². The highest BCUT2D eigenvalue weighted by molar-refractivity contribution is 6.07. The average Bonchev–Trinajstić information content (AvgIpc) is 2.73. The number of ether oxygens (including phenoxy) is 1. The molecule has 0 aliphatic rings. The quantitative estimate of drug-likeness (QED) is 0.476. The summed E-state index contributed by atoms with van der Waals surface area (Å²) in [5, 5.41) is 13.7. The molecule has 3 rings (SSSR count). The van der Waals surface area contributed by atoms with Crippen LogP contribution in [0.2, 0.25) is 0 Å². The minimum Gasteiger partial charge on any atom is -0.406 e. The van der Waals surface area contributed by atoms with Gasteiger partial charge in [0.05, 0.1) is 5.69 Å². The van der Waals surface area contributed by atoms with E-state index in [1.807, 2.05) is 12.1 Å². The molecular weight excluding hydrogens is 397 g/mol. The van der Waals surface area contributed by atoms with Crippen molar-refractivity contribution in [3.63, 3.8) is 0 Å². The first-order valence-corrected chi connectivity index (χ1v) is 8.71. The second-order valence-electron chi connectivity index (χ2n) is 5.97. The van der Waals surface area contributed by atoms with Gasteiger partial charge in [-0.15, -0.1) is 13.2 Å². The number of nitrogens with one attached hydrogen (secondary N) is 3. The predicted molar refractivity (Wildman–Crippen MR) is 106 cm³/mol. The van der Waals surface area contributed by atoms with Crippen molar-refractivity contribution >= 4 is 23.3 Å². The Kier molecular flexibility index (Phi) is 6.58. The molecule has 0 unspecified atom stereocenters. The van der Waals surface area contributed by atoms with Gasteiger partial charge in [-0.25, -0.2) is 9.97 Å². The Labute approximate surface area is 170 Å². The van der Waals surface area contributed by atoms with Gasteiger partial charge in [-0.05, 0) is 42.0 Å². The van der Waals surface area contributed by atoms with Crippen LogP contribution in [0, 0.1) is 5.41 Å². The van der Waals surface area contributed by atoms with Gasteiger partial charge in [0.25, 0.3) is 0 Å². The van der Waals surface area contributed by atoms with Gasteiger partial charge in [0, 0.05) is 48.7 Å². The summed E-state index contributed by atoms with van der Waals surface area (Å²) in [6.07, 6.45) is 2.82. The molecule has 0 aliphatic carbocycles. The largest absolute Gasteiger partial charge is 0.573 e. The first-order valence-electron chi connectivity index (χ1n) is 8.71. The van der Waals surface area contributed by atoms with Crippen molar-refractivity contribution in [1.29, 1.82) is 5.41 Å². The van der Waals surface area contributed by atoms with E-state index in [9.17, 15) is 13.2 Å². The highest BCUT2D eigenvalue weighted by atomic mass is 19.4. The molecular formula is C20H17F3N6O. The van der Waals surface area contributed by atoms with Crippen LogP contribution < -0.4 is 15.4 Å². The molecule has 0 amide bonds. The van der Waals surface area contributed by atoms with Crippen LogP contribution in [0.4, 0.5) is 24.7 Å². The molecule has 1 aromatic carbocycles. The van der Waals surface area contributed by atoms with Crippen molar-refractivity contribution in [3.05, 3.63) is 78.6 Å². The molecule has 3 aromatic rings. The average molecular weight is 414 g/mol. The van der Waals surface area contributed by atoms with Crippen molar-refractivity contribution in [2.24, 2.45) is 0 Å². The molecule has 0 radical (unpaired) electrons. The number of benzene rings is 1. The Hall–Kier alpha value is -3.95. The maximum absolute atomic E-state index is 12.2. The third-order valence-corrected chi connectivity index (χ3v) is 3.79. The Balaban J connectivity index is 1.67. The van der Waals surface area contributed by atoms with Crippen LogP contribution in [-0.4, -0.2) is 27.5 Å². The lowest BCUT2D eigenvalue weighted by molar-refractivity contribution is -0.274. The molecule has 0 fully saturated rings. The monoisotopic (exact) mass is 414 g/mol. The van der Waals surface area contributed by atoms with E-state index in [2.05, 4.69) is 30.3 Å². The standard InChI is InChI=1S/C20H17F3N6O/c21-20(22,23)30-17-3-1-16(2-4-17)29-19-9-18(27-13-28-19)15(10-24)12-26-11-14-5-7-25-8-6-14/h1-10,12-13,24,26H,11H2,(H,27,28,29)/b15-12+,24-10?. The summed E-state index contributed by atoms with van der Waals surface area (Å²) in [7, 11) is 0. The van der Waals surface area contributed by atoms with Gasteiger partial charge in [0.15, 0.2) is 0 Å². The molecule has 10 heteroatoms. The van der Waals surface area contributed by atoms with Gasteiger partial charge >= 0.3 is 6.36 Å². The van der Waals surface area contributed by atoms with Crippen LogP contribution in [0.3, 0.4) is 0 Å².